The number of Topliss-reactive ketones (excluding diaryl/α,β-unsaturated/α-hetero) is 1. The smallest absolute Gasteiger partial charge is 0.163 e. The number of nitrogens with zero attached hydrogens (tertiary/aromatic N) is 2. The zero-order valence-electron chi connectivity index (χ0n) is 18.2. The zero-order valence-corrected chi connectivity index (χ0v) is 19.0. The lowest BCUT2D eigenvalue weighted by molar-refractivity contribution is 0.0824. The van der Waals surface area contributed by atoms with Crippen LogP contribution in [-0.2, 0) is 0 Å². The molecule has 4 aromatic rings. The summed E-state index contributed by atoms with van der Waals surface area (Å²) in [5.74, 6) is -0.0272. The van der Waals surface area contributed by atoms with Crippen molar-refractivity contribution >= 4 is 28.3 Å². The van der Waals surface area contributed by atoms with Gasteiger partial charge >= 0.3 is 0 Å². The van der Waals surface area contributed by atoms with E-state index >= 15 is 0 Å². The van der Waals surface area contributed by atoms with Gasteiger partial charge in [-0.25, -0.2) is 9.07 Å². The number of hydrogen-bond donors (Lipinski definition) is 1. The Balaban J connectivity index is 1.62. The number of aliphatic hydroxyl groups is 1. The summed E-state index contributed by atoms with van der Waals surface area (Å²) in [5, 5.41) is 16.5. The van der Waals surface area contributed by atoms with Gasteiger partial charge in [0, 0.05) is 22.9 Å². The topological polar surface area (TPSA) is 55.1 Å². The minimum Gasteiger partial charge on any atom is -0.393 e. The molecule has 1 aliphatic rings. The van der Waals surface area contributed by atoms with Gasteiger partial charge in [0.2, 0.25) is 0 Å². The van der Waals surface area contributed by atoms with Crippen molar-refractivity contribution in [3.8, 4) is 16.9 Å². The molecule has 0 aliphatic heterocycles. The molecule has 1 fully saturated rings. The van der Waals surface area contributed by atoms with Gasteiger partial charge < -0.3 is 5.11 Å². The molecule has 1 N–H and O–H groups in total. The van der Waals surface area contributed by atoms with Crippen LogP contribution in [0.15, 0.2) is 66.7 Å². The molecule has 33 heavy (non-hydrogen) atoms. The number of rotatable bonds is 5. The summed E-state index contributed by atoms with van der Waals surface area (Å²) in [7, 11) is 0. The Morgan fingerprint density at radius 2 is 1.88 bits per heavy atom. The lowest BCUT2D eigenvalue weighted by Crippen LogP contribution is -2.21. The average Bonchev–Trinajstić information content (AvgIpc) is 3.34. The maximum Gasteiger partial charge on any atom is 0.163 e. The molecule has 0 unspecified atom stereocenters. The molecule has 1 aliphatic carbocycles. The molecule has 1 saturated carbocycles. The van der Waals surface area contributed by atoms with Crippen LogP contribution in [0.3, 0.4) is 0 Å². The fourth-order valence-electron chi connectivity index (χ4n) is 4.83. The minimum absolute atomic E-state index is 0.000787. The molecule has 168 valence electrons. The van der Waals surface area contributed by atoms with Crippen molar-refractivity contribution in [3.63, 3.8) is 0 Å². The van der Waals surface area contributed by atoms with Gasteiger partial charge in [-0.1, -0.05) is 42.8 Å². The Morgan fingerprint density at radius 3 is 2.58 bits per heavy atom. The van der Waals surface area contributed by atoms with Crippen LogP contribution in [0, 0.1) is 17.7 Å². The molecule has 3 aromatic carbocycles. The summed E-state index contributed by atoms with van der Waals surface area (Å²) in [6.07, 6.45) is 1.58. The van der Waals surface area contributed by atoms with Crippen LogP contribution in [0.25, 0.3) is 27.8 Å². The fraction of sp³-hybridized carbons (Fsp3) is 0.259. The van der Waals surface area contributed by atoms with Crippen molar-refractivity contribution in [1.82, 2.24) is 9.78 Å². The van der Waals surface area contributed by atoms with Gasteiger partial charge in [0.25, 0.3) is 0 Å². The number of aliphatic hydroxyl groups excluding tert-OH is 1. The number of hydrogen-bond acceptors (Lipinski definition) is 3. The van der Waals surface area contributed by atoms with E-state index in [0.29, 0.717) is 34.3 Å². The summed E-state index contributed by atoms with van der Waals surface area (Å²) >= 11 is 6.46. The summed E-state index contributed by atoms with van der Waals surface area (Å²) in [5.41, 5.74) is 3.47. The number of fused-ring (bicyclic) bond motifs is 1. The Hall–Kier alpha value is -3.02. The highest BCUT2D eigenvalue weighted by molar-refractivity contribution is 6.33. The van der Waals surface area contributed by atoms with Crippen molar-refractivity contribution in [2.45, 2.75) is 32.3 Å². The predicted molar refractivity (Wildman–Crippen MR) is 128 cm³/mol. The quantitative estimate of drug-likeness (QED) is 0.346. The van der Waals surface area contributed by atoms with Gasteiger partial charge in [0.05, 0.1) is 22.3 Å². The fourth-order valence-corrected chi connectivity index (χ4v) is 5.06. The second-order valence-corrected chi connectivity index (χ2v) is 9.27. The van der Waals surface area contributed by atoms with Crippen LogP contribution >= 0.6 is 11.6 Å². The number of aromatic nitrogens is 2. The summed E-state index contributed by atoms with van der Waals surface area (Å²) in [6, 6.07) is 19.1. The molecule has 0 radical (unpaired) electrons. The van der Waals surface area contributed by atoms with E-state index in [2.05, 4.69) is 6.92 Å². The third-order valence-corrected chi connectivity index (χ3v) is 7.10. The van der Waals surface area contributed by atoms with Crippen molar-refractivity contribution in [1.29, 1.82) is 0 Å². The predicted octanol–water partition coefficient (Wildman–Crippen LogP) is 6.46. The molecule has 0 bridgehead atoms. The Bertz CT molecular complexity index is 1320. The van der Waals surface area contributed by atoms with E-state index in [9.17, 15) is 14.3 Å². The zero-order chi connectivity index (χ0) is 23.1. The third kappa shape index (κ3) is 4.07. The molecule has 1 heterocycles. The van der Waals surface area contributed by atoms with Crippen LogP contribution in [0.4, 0.5) is 4.39 Å². The molecule has 5 rings (SSSR count). The van der Waals surface area contributed by atoms with Crippen LogP contribution in [0.2, 0.25) is 5.02 Å². The number of benzene rings is 3. The molecule has 0 spiro atoms. The van der Waals surface area contributed by atoms with Gasteiger partial charge in [-0.05, 0) is 67.1 Å². The van der Waals surface area contributed by atoms with Crippen LogP contribution in [0.5, 0.6) is 0 Å². The Labute approximate surface area is 196 Å². The van der Waals surface area contributed by atoms with Crippen LogP contribution < -0.4 is 0 Å². The Kier molecular flexibility index (Phi) is 5.77. The first-order valence-electron chi connectivity index (χ1n) is 11.2. The normalized spacial score (nSPS) is 20.4. The largest absolute Gasteiger partial charge is 0.393 e. The maximum atomic E-state index is 13.6. The lowest BCUT2D eigenvalue weighted by Gasteiger charge is -2.18. The number of halogens is 2. The van der Waals surface area contributed by atoms with Gasteiger partial charge in [0.1, 0.15) is 11.5 Å². The second-order valence-electron chi connectivity index (χ2n) is 8.86. The number of ketones is 1. The SMILES string of the molecule is C[C@@H]1CC[C@@H](O)[C@H]1CC(=O)c1ccc2c(-c3ccccc3Cl)nn(-c3ccc(F)cc3)c2c1. The lowest BCUT2D eigenvalue weighted by atomic mass is 9.89. The summed E-state index contributed by atoms with van der Waals surface area (Å²) in [4.78, 5) is 13.1. The number of carbonyl (C=O) groups excluding carboxylic acids is 1. The summed E-state index contributed by atoms with van der Waals surface area (Å²) < 4.78 is 15.3. The standard InChI is InChI=1S/C27H24ClFN2O2/c1-16-6-13-25(32)22(16)15-26(33)17-7-12-21-24(14-17)31(19-10-8-18(29)9-11-19)30-27(21)20-4-2-3-5-23(20)28/h2-5,7-12,14,16,22,25,32H,6,13,15H2,1H3/t16-,22+,25-/m1/s1. The average molecular weight is 463 g/mol. The van der Waals surface area contributed by atoms with E-state index in [1.165, 1.54) is 12.1 Å². The molecular weight excluding hydrogens is 439 g/mol. The molecule has 3 atom stereocenters. The van der Waals surface area contributed by atoms with E-state index in [-0.39, 0.29) is 17.5 Å². The highest BCUT2D eigenvalue weighted by Gasteiger charge is 2.33. The van der Waals surface area contributed by atoms with Gasteiger partial charge in [-0.2, -0.15) is 5.10 Å². The number of carbonyl (C=O) groups is 1. The Morgan fingerprint density at radius 1 is 1.12 bits per heavy atom. The minimum atomic E-state index is -0.427. The highest BCUT2D eigenvalue weighted by Crippen LogP contribution is 2.37. The van der Waals surface area contributed by atoms with Crippen molar-refractivity contribution < 1.29 is 14.3 Å². The molecular formula is C27H24ClFN2O2. The van der Waals surface area contributed by atoms with Crippen LogP contribution in [-0.4, -0.2) is 26.8 Å². The molecule has 1 aromatic heterocycles. The molecule has 0 saturated heterocycles. The van der Waals surface area contributed by atoms with E-state index in [0.717, 1.165) is 29.3 Å². The van der Waals surface area contributed by atoms with Crippen molar-refractivity contribution in [2.24, 2.45) is 11.8 Å². The first-order chi connectivity index (χ1) is 15.9. The van der Waals surface area contributed by atoms with E-state index in [1.807, 2.05) is 42.5 Å². The van der Waals surface area contributed by atoms with Crippen LogP contribution in [0.1, 0.15) is 36.5 Å². The molecule has 0 amide bonds. The third-order valence-electron chi connectivity index (χ3n) is 6.77. The summed E-state index contributed by atoms with van der Waals surface area (Å²) in [6.45, 7) is 2.09. The van der Waals surface area contributed by atoms with Gasteiger partial charge in [-0.15, -0.1) is 0 Å². The monoisotopic (exact) mass is 462 g/mol. The van der Waals surface area contributed by atoms with E-state index in [4.69, 9.17) is 16.7 Å². The van der Waals surface area contributed by atoms with Gasteiger partial charge in [-0.3, -0.25) is 4.79 Å². The van der Waals surface area contributed by atoms with E-state index < -0.39 is 6.10 Å². The van der Waals surface area contributed by atoms with Gasteiger partial charge in [0.15, 0.2) is 5.78 Å². The van der Waals surface area contributed by atoms with E-state index in [1.54, 1.807) is 16.8 Å². The van der Waals surface area contributed by atoms with Crippen molar-refractivity contribution in [3.05, 3.63) is 83.1 Å². The maximum absolute atomic E-state index is 13.6. The first kappa shape index (κ1) is 21.8. The molecule has 4 nitrogen and oxygen atoms in total. The first-order valence-corrected chi connectivity index (χ1v) is 11.5. The highest BCUT2D eigenvalue weighted by atomic mass is 35.5. The molecule has 6 heteroatoms. The second kappa shape index (κ2) is 8.73. The van der Waals surface area contributed by atoms with Crippen molar-refractivity contribution in [2.75, 3.05) is 0 Å².